The first-order valence-corrected chi connectivity index (χ1v) is 5.94. The van der Waals surface area contributed by atoms with E-state index in [1.165, 1.54) is 18.7 Å². The van der Waals surface area contributed by atoms with Crippen LogP contribution in [0.4, 0.5) is 0 Å². The Morgan fingerprint density at radius 3 is 2.80 bits per heavy atom. The highest BCUT2D eigenvalue weighted by Crippen LogP contribution is 2.21. The van der Waals surface area contributed by atoms with E-state index in [0.717, 1.165) is 12.6 Å². The zero-order valence-corrected chi connectivity index (χ0v) is 9.90. The van der Waals surface area contributed by atoms with Crippen LogP contribution in [-0.4, -0.2) is 22.1 Å². The van der Waals surface area contributed by atoms with Gasteiger partial charge in [0.2, 0.25) is 0 Å². The van der Waals surface area contributed by atoms with Crippen molar-refractivity contribution in [1.29, 1.82) is 0 Å². The second-order valence-corrected chi connectivity index (χ2v) is 4.88. The fourth-order valence-corrected chi connectivity index (χ4v) is 1.87. The molecule has 1 fully saturated rings. The standard InChI is InChI=1S/C12H21N3/c1-9(2)12-13-6-7-15(12)10(3)8-14-11-4-5-11/h6-7,9-11,14H,4-5,8H2,1-3H3. The molecule has 0 radical (unpaired) electrons. The first-order chi connectivity index (χ1) is 7.18. The molecule has 1 heterocycles. The summed E-state index contributed by atoms with van der Waals surface area (Å²) in [4.78, 5) is 4.41. The van der Waals surface area contributed by atoms with Crippen LogP contribution >= 0.6 is 0 Å². The van der Waals surface area contributed by atoms with Crippen molar-refractivity contribution >= 4 is 0 Å². The minimum atomic E-state index is 0.503. The summed E-state index contributed by atoms with van der Waals surface area (Å²) in [6.07, 6.45) is 6.71. The largest absolute Gasteiger partial charge is 0.331 e. The van der Waals surface area contributed by atoms with E-state index in [9.17, 15) is 0 Å². The average molecular weight is 207 g/mol. The van der Waals surface area contributed by atoms with E-state index in [0.29, 0.717) is 12.0 Å². The van der Waals surface area contributed by atoms with Crippen LogP contribution < -0.4 is 5.32 Å². The Labute approximate surface area is 91.9 Å². The highest BCUT2D eigenvalue weighted by atomic mass is 15.1. The molecule has 1 N–H and O–H groups in total. The molecular formula is C12H21N3. The molecule has 0 bridgehead atoms. The molecule has 3 nitrogen and oxygen atoms in total. The lowest BCUT2D eigenvalue weighted by atomic mass is 10.2. The lowest BCUT2D eigenvalue weighted by Crippen LogP contribution is -2.26. The van der Waals surface area contributed by atoms with Gasteiger partial charge in [-0.05, 0) is 19.8 Å². The predicted molar refractivity (Wildman–Crippen MR) is 62.1 cm³/mol. The molecule has 2 rings (SSSR count). The van der Waals surface area contributed by atoms with Gasteiger partial charge in [-0.25, -0.2) is 4.98 Å². The maximum atomic E-state index is 4.41. The highest BCUT2D eigenvalue weighted by Gasteiger charge is 2.21. The van der Waals surface area contributed by atoms with Gasteiger partial charge in [0.15, 0.2) is 0 Å². The molecule has 1 aromatic heterocycles. The van der Waals surface area contributed by atoms with Crippen LogP contribution in [0.25, 0.3) is 0 Å². The highest BCUT2D eigenvalue weighted by molar-refractivity contribution is 5.00. The van der Waals surface area contributed by atoms with Crippen molar-refractivity contribution in [2.75, 3.05) is 6.54 Å². The van der Waals surface area contributed by atoms with Crippen molar-refractivity contribution in [3.8, 4) is 0 Å². The van der Waals surface area contributed by atoms with Gasteiger partial charge in [0, 0.05) is 36.9 Å². The number of hydrogen-bond donors (Lipinski definition) is 1. The summed E-state index contributed by atoms with van der Waals surface area (Å²) in [6.45, 7) is 7.70. The van der Waals surface area contributed by atoms with Crippen molar-refractivity contribution in [2.45, 2.75) is 51.6 Å². The van der Waals surface area contributed by atoms with Crippen molar-refractivity contribution < 1.29 is 0 Å². The average Bonchev–Trinajstić information content (AvgIpc) is 2.88. The summed E-state index contributed by atoms with van der Waals surface area (Å²) in [6, 6.07) is 1.30. The summed E-state index contributed by atoms with van der Waals surface area (Å²) in [7, 11) is 0. The van der Waals surface area contributed by atoms with Crippen LogP contribution in [0.3, 0.4) is 0 Å². The van der Waals surface area contributed by atoms with Crippen molar-refractivity contribution in [2.24, 2.45) is 0 Å². The third kappa shape index (κ3) is 2.59. The molecule has 1 aliphatic rings. The number of nitrogens with zero attached hydrogens (tertiary/aromatic N) is 2. The Bertz CT molecular complexity index is 312. The summed E-state index contributed by atoms with van der Waals surface area (Å²) in [5, 5.41) is 3.56. The van der Waals surface area contributed by atoms with E-state index in [-0.39, 0.29) is 0 Å². The van der Waals surface area contributed by atoms with Gasteiger partial charge in [0.1, 0.15) is 5.82 Å². The number of aromatic nitrogens is 2. The number of rotatable bonds is 5. The van der Waals surface area contributed by atoms with Gasteiger partial charge in [-0.2, -0.15) is 0 Å². The normalized spacial score (nSPS) is 18.4. The Balaban J connectivity index is 1.96. The molecule has 0 aromatic carbocycles. The van der Waals surface area contributed by atoms with Crippen LogP contribution in [0.5, 0.6) is 0 Å². The van der Waals surface area contributed by atoms with Gasteiger partial charge in [0.05, 0.1) is 0 Å². The minimum absolute atomic E-state index is 0.503. The van der Waals surface area contributed by atoms with Gasteiger partial charge in [0.25, 0.3) is 0 Å². The molecule has 1 unspecified atom stereocenters. The first kappa shape index (κ1) is 10.7. The molecule has 0 saturated heterocycles. The lowest BCUT2D eigenvalue weighted by molar-refractivity contribution is 0.469. The van der Waals surface area contributed by atoms with Crippen LogP contribution in [0.1, 0.15) is 51.4 Å². The molecule has 1 aliphatic carbocycles. The molecule has 1 aromatic rings. The van der Waals surface area contributed by atoms with Crippen molar-refractivity contribution in [1.82, 2.24) is 14.9 Å². The minimum Gasteiger partial charge on any atom is -0.331 e. The van der Waals surface area contributed by atoms with Gasteiger partial charge in [-0.3, -0.25) is 0 Å². The molecule has 15 heavy (non-hydrogen) atoms. The van der Waals surface area contributed by atoms with Crippen LogP contribution in [0, 0.1) is 0 Å². The molecule has 1 saturated carbocycles. The second-order valence-electron chi connectivity index (χ2n) is 4.88. The smallest absolute Gasteiger partial charge is 0.111 e. The summed E-state index contributed by atoms with van der Waals surface area (Å²) in [5.74, 6) is 1.70. The van der Waals surface area contributed by atoms with Crippen LogP contribution in [0.2, 0.25) is 0 Å². The van der Waals surface area contributed by atoms with Crippen LogP contribution in [-0.2, 0) is 0 Å². The molecule has 84 valence electrons. The molecule has 0 amide bonds. The Kier molecular flexibility index (Phi) is 3.10. The van der Waals surface area contributed by atoms with Crippen molar-refractivity contribution in [3.05, 3.63) is 18.2 Å². The Morgan fingerprint density at radius 1 is 1.47 bits per heavy atom. The number of hydrogen-bond acceptors (Lipinski definition) is 2. The fraction of sp³-hybridized carbons (Fsp3) is 0.750. The number of imidazole rings is 1. The maximum Gasteiger partial charge on any atom is 0.111 e. The van der Waals surface area contributed by atoms with E-state index in [1.807, 2.05) is 6.20 Å². The zero-order valence-electron chi connectivity index (χ0n) is 9.90. The summed E-state index contributed by atoms with van der Waals surface area (Å²) in [5.41, 5.74) is 0. The van der Waals surface area contributed by atoms with E-state index < -0.39 is 0 Å². The zero-order chi connectivity index (χ0) is 10.8. The van der Waals surface area contributed by atoms with Gasteiger partial charge < -0.3 is 9.88 Å². The Morgan fingerprint density at radius 2 is 2.20 bits per heavy atom. The summed E-state index contributed by atoms with van der Waals surface area (Å²) >= 11 is 0. The third-order valence-electron chi connectivity index (χ3n) is 2.97. The van der Waals surface area contributed by atoms with E-state index in [4.69, 9.17) is 0 Å². The number of nitrogens with one attached hydrogen (secondary N) is 1. The fourth-order valence-electron chi connectivity index (χ4n) is 1.87. The SMILES string of the molecule is CC(C)c1nccn1C(C)CNC1CC1. The summed E-state index contributed by atoms with van der Waals surface area (Å²) < 4.78 is 2.29. The Hall–Kier alpha value is -0.830. The quantitative estimate of drug-likeness (QED) is 0.803. The first-order valence-electron chi connectivity index (χ1n) is 5.94. The monoisotopic (exact) mass is 207 g/mol. The van der Waals surface area contributed by atoms with Gasteiger partial charge >= 0.3 is 0 Å². The molecular weight excluding hydrogens is 186 g/mol. The molecule has 0 aliphatic heterocycles. The predicted octanol–water partition coefficient (Wildman–Crippen LogP) is 2.32. The third-order valence-corrected chi connectivity index (χ3v) is 2.97. The second kappa shape index (κ2) is 4.35. The lowest BCUT2D eigenvalue weighted by Gasteiger charge is -2.18. The van der Waals surface area contributed by atoms with Crippen LogP contribution in [0.15, 0.2) is 12.4 Å². The van der Waals surface area contributed by atoms with E-state index in [1.54, 1.807) is 0 Å². The van der Waals surface area contributed by atoms with E-state index >= 15 is 0 Å². The van der Waals surface area contributed by atoms with Gasteiger partial charge in [-0.15, -0.1) is 0 Å². The van der Waals surface area contributed by atoms with Gasteiger partial charge in [-0.1, -0.05) is 13.8 Å². The van der Waals surface area contributed by atoms with Crippen molar-refractivity contribution in [3.63, 3.8) is 0 Å². The molecule has 1 atom stereocenters. The van der Waals surface area contributed by atoms with E-state index in [2.05, 4.69) is 41.8 Å². The molecule has 3 heteroatoms. The topological polar surface area (TPSA) is 29.9 Å². The maximum absolute atomic E-state index is 4.41. The molecule has 0 spiro atoms.